The minimum atomic E-state index is -0.415. The molecular formula is C21H20N2O5. The number of fused-ring (bicyclic) bond motifs is 1. The van der Waals surface area contributed by atoms with Crippen LogP contribution in [0.2, 0.25) is 0 Å². The first kappa shape index (κ1) is 19.2. The normalized spacial score (nSPS) is 10.5. The van der Waals surface area contributed by atoms with Gasteiger partial charge < -0.3 is 19.8 Å². The third-order valence-electron chi connectivity index (χ3n) is 4.04. The molecule has 3 rings (SSSR count). The highest BCUT2D eigenvalue weighted by Gasteiger charge is 2.08. The SMILES string of the molecule is CCc1cc(=O)oc2cc(OCC(=O)Nc3ccc(NC(C)=O)cc3)ccc12. The van der Waals surface area contributed by atoms with Crippen LogP contribution in [0.25, 0.3) is 11.0 Å². The Morgan fingerprint density at radius 1 is 1.00 bits per heavy atom. The lowest BCUT2D eigenvalue weighted by Crippen LogP contribution is -2.20. The standard InChI is InChI=1S/C21H20N2O5/c1-3-14-10-21(26)28-19-11-17(8-9-18(14)19)27-12-20(25)23-16-6-4-15(5-7-16)22-13(2)24/h4-11H,3,12H2,1-2H3,(H,22,24)(H,23,25). The second-order valence-corrected chi connectivity index (χ2v) is 6.20. The van der Waals surface area contributed by atoms with Gasteiger partial charge in [0.2, 0.25) is 5.91 Å². The van der Waals surface area contributed by atoms with E-state index in [2.05, 4.69) is 10.6 Å². The minimum absolute atomic E-state index is 0.164. The van der Waals surface area contributed by atoms with Crippen LogP contribution in [0.5, 0.6) is 5.75 Å². The second kappa shape index (κ2) is 8.39. The third-order valence-corrected chi connectivity index (χ3v) is 4.04. The van der Waals surface area contributed by atoms with Crippen molar-refractivity contribution in [2.75, 3.05) is 17.2 Å². The van der Waals surface area contributed by atoms with Crippen molar-refractivity contribution in [3.63, 3.8) is 0 Å². The maximum Gasteiger partial charge on any atom is 0.336 e. The number of hydrogen-bond acceptors (Lipinski definition) is 5. The Bertz CT molecular complexity index is 1070. The smallest absolute Gasteiger partial charge is 0.336 e. The molecule has 7 heteroatoms. The van der Waals surface area contributed by atoms with Crippen LogP contribution >= 0.6 is 0 Å². The lowest BCUT2D eigenvalue weighted by atomic mass is 10.1. The molecular weight excluding hydrogens is 360 g/mol. The van der Waals surface area contributed by atoms with Crippen LogP contribution in [-0.2, 0) is 16.0 Å². The number of rotatable bonds is 6. The van der Waals surface area contributed by atoms with Crippen molar-refractivity contribution in [1.82, 2.24) is 0 Å². The predicted molar refractivity (Wildman–Crippen MR) is 107 cm³/mol. The van der Waals surface area contributed by atoms with Crippen LogP contribution in [0.4, 0.5) is 11.4 Å². The predicted octanol–water partition coefficient (Wildman–Crippen LogP) is 3.33. The zero-order valence-corrected chi connectivity index (χ0v) is 15.6. The highest BCUT2D eigenvalue weighted by atomic mass is 16.5. The average Bonchev–Trinajstić information content (AvgIpc) is 2.66. The van der Waals surface area contributed by atoms with E-state index in [1.54, 1.807) is 36.4 Å². The van der Waals surface area contributed by atoms with E-state index in [4.69, 9.17) is 9.15 Å². The number of anilines is 2. The first-order valence-corrected chi connectivity index (χ1v) is 8.81. The molecule has 144 valence electrons. The Balaban J connectivity index is 1.62. The zero-order chi connectivity index (χ0) is 20.1. The Morgan fingerprint density at radius 3 is 2.32 bits per heavy atom. The molecule has 0 fully saturated rings. The molecule has 0 saturated carbocycles. The lowest BCUT2D eigenvalue weighted by Gasteiger charge is -2.09. The molecule has 0 saturated heterocycles. The molecule has 0 aliphatic rings. The lowest BCUT2D eigenvalue weighted by molar-refractivity contribution is -0.118. The van der Waals surface area contributed by atoms with Crippen molar-refractivity contribution in [1.29, 1.82) is 0 Å². The van der Waals surface area contributed by atoms with Gasteiger partial charge in [-0.1, -0.05) is 6.92 Å². The van der Waals surface area contributed by atoms with Gasteiger partial charge in [-0.05, 0) is 48.4 Å². The van der Waals surface area contributed by atoms with Crippen LogP contribution in [0, 0.1) is 0 Å². The fourth-order valence-corrected chi connectivity index (χ4v) is 2.78. The average molecular weight is 380 g/mol. The molecule has 0 aliphatic heterocycles. The maximum atomic E-state index is 12.1. The summed E-state index contributed by atoms with van der Waals surface area (Å²) in [7, 11) is 0. The molecule has 0 bridgehead atoms. The number of hydrogen-bond donors (Lipinski definition) is 2. The van der Waals surface area contributed by atoms with Gasteiger partial charge in [0.05, 0.1) is 0 Å². The topological polar surface area (TPSA) is 97.6 Å². The summed E-state index contributed by atoms with van der Waals surface area (Å²) in [6, 6.07) is 13.4. The molecule has 2 N–H and O–H groups in total. The van der Waals surface area contributed by atoms with Crippen LogP contribution in [0.15, 0.2) is 57.7 Å². The molecule has 0 atom stereocenters. The van der Waals surface area contributed by atoms with Gasteiger partial charge in [-0.25, -0.2) is 4.79 Å². The van der Waals surface area contributed by atoms with Crippen molar-refractivity contribution in [3.05, 3.63) is 64.5 Å². The number of ether oxygens (including phenoxy) is 1. The molecule has 2 aromatic carbocycles. The first-order valence-electron chi connectivity index (χ1n) is 8.81. The van der Waals surface area contributed by atoms with Gasteiger partial charge in [0.1, 0.15) is 11.3 Å². The van der Waals surface area contributed by atoms with Gasteiger partial charge in [0.15, 0.2) is 6.61 Å². The van der Waals surface area contributed by atoms with E-state index in [0.717, 1.165) is 10.9 Å². The third kappa shape index (κ3) is 4.76. The number of carbonyl (C=O) groups is 2. The quantitative estimate of drug-likeness (QED) is 0.639. The summed E-state index contributed by atoms with van der Waals surface area (Å²) in [6.07, 6.45) is 0.714. The summed E-state index contributed by atoms with van der Waals surface area (Å²) in [5.41, 5.74) is 2.14. The number of amides is 2. The van der Waals surface area contributed by atoms with Crippen LogP contribution in [0.1, 0.15) is 19.4 Å². The van der Waals surface area contributed by atoms with Crippen molar-refractivity contribution in [3.8, 4) is 5.75 Å². The van der Waals surface area contributed by atoms with Crippen molar-refractivity contribution < 1.29 is 18.7 Å². The summed E-state index contributed by atoms with van der Waals surface area (Å²) >= 11 is 0. The Labute approximate surface area is 161 Å². The van der Waals surface area contributed by atoms with E-state index in [9.17, 15) is 14.4 Å². The van der Waals surface area contributed by atoms with Crippen molar-refractivity contribution in [2.24, 2.45) is 0 Å². The van der Waals surface area contributed by atoms with E-state index in [1.165, 1.54) is 13.0 Å². The summed E-state index contributed by atoms with van der Waals surface area (Å²) in [6.45, 7) is 3.19. The minimum Gasteiger partial charge on any atom is -0.484 e. The molecule has 1 heterocycles. The van der Waals surface area contributed by atoms with Gasteiger partial charge in [-0.15, -0.1) is 0 Å². The summed E-state index contributed by atoms with van der Waals surface area (Å²) in [5.74, 6) is -0.0707. The molecule has 0 unspecified atom stereocenters. The molecule has 0 aliphatic carbocycles. The monoisotopic (exact) mass is 380 g/mol. The van der Waals surface area contributed by atoms with Crippen LogP contribution in [0.3, 0.4) is 0 Å². The maximum absolute atomic E-state index is 12.1. The zero-order valence-electron chi connectivity index (χ0n) is 15.6. The summed E-state index contributed by atoms with van der Waals surface area (Å²) in [5, 5.41) is 6.20. The highest BCUT2D eigenvalue weighted by molar-refractivity contribution is 5.93. The van der Waals surface area contributed by atoms with Gasteiger partial charge in [0, 0.05) is 35.8 Å². The van der Waals surface area contributed by atoms with E-state index < -0.39 is 5.63 Å². The van der Waals surface area contributed by atoms with E-state index >= 15 is 0 Å². The fraction of sp³-hybridized carbons (Fsp3) is 0.190. The summed E-state index contributed by atoms with van der Waals surface area (Å²) in [4.78, 5) is 34.7. The molecule has 0 spiro atoms. The molecule has 3 aromatic rings. The molecule has 0 radical (unpaired) electrons. The van der Waals surface area contributed by atoms with Gasteiger partial charge >= 0.3 is 5.63 Å². The first-order chi connectivity index (χ1) is 13.4. The number of benzene rings is 2. The Morgan fingerprint density at radius 2 is 1.68 bits per heavy atom. The van der Waals surface area contributed by atoms with E-state index in [0.29, 0.717) is 29.1 Å². The number of carbonyl (C=O) groups excluding carboxylic acids is 2. The van der Waals surface area contributed by atoms with Crippen molar-refractivity contribution in [2.45, 2.75) is 20.3 Å². The largest absolute Gasteiger partial charge is 0.484 e. The van der Waals surface area contributed by atoms with E-state index in [-0.39, 0.29) is 18.4 Å². The highest BCUT2D eigenvalue weighted by Crippen LogP contribution is 2.23. The van der Waals surface area contributed by atoms with E-state index in [1.807, 2.05) is 13.0 Å². The second-order valence-electron chi connectivity index (χ2n) is 6.20. The van der Waals surface area contributed by atoms with Gasteiger partial charge in [-0.2, -0.15) is 0 Å². The Kier molecular flexibility index (Phi) is 5.74. The summed E-state index contributed by atoms with van der Waals surface area (Å²) < 4.78 is 10.7. The van der Waals surface area contributed by atoms with Crippen molar-refractivity contribution >= 4 is 34.2 Å². The number of nitrogens with one attached hydrogen (secondary N) is 2. The van der Waals surface area contributed by atoms with Gasteiger partial charge in [-0.3, -0.25) is 9.59 Å². The van der Waals surface area contributed by atoms with Crippen LogP contribution in [-0.4, -0.2) is 18.4 Å². The fourth-order valence-electron chi connectivity index (χ4n) is 2.78. The molecule has 7 nitrogen and oxygen atoms in total. The Hall–Kier alpha value is -3.61. The number of aryl methyl sites for hydroxylation is 1. The van der Waals surface area contributed by atoms with Crippen LogP contribution < -0.4 is 21.0 Å². The molecule has 28 heavy (non-hydrogen) atoms. The molecule has 2 amide bonds. The molecule has 1 aromatic heterocycles. The van der Waals surface area contributed by atoms with Gasteiger partial charge in [0.25, 0.3) is 5.91 Å².